The van der Waals surface area contributed by atoms with Gasteiger partial charge in [-0.15, -0.1) is 6.58 Å². The molecule has 40 heavy (non-hydrogen) atoms. The van der Waals surface area contributed by atoms with Gasteiger partial charge in [0.25, 0.3) is 17.6 Å². The number of carbonyl (C=O) groups excluding carboxylic acids is 3. The lowest BCUT2D eigenvalue weighted by Crippen LogP contribution is -2.52. The van der Waals surface area contributed by atoms with Crippen LogP contribution in [0.2, 0.25) is 0 Å². The van der Waals surface area contributed by atoms with Gasteiger partial charge in [-0.2, -0.15) is 0 Å². The molecule has 2 fully saturated rings. The number of carbonyl (C=O) groups is 3. The molecule has 0 bridgehead atoms. The van der Waals surface area contributed by atoms with Gasteiger partial charge in [-0.1, -0.05) is 24.3 Å². The van der Waals surface area contributed by atoms with Gasteiger partial charge in [0, 0.05) is 43.9 Å². The summed E-state index contributed by atoms with van der Waals surface area (Å²) in [5.41, 5.74) is -0.755. The van der Waals surface area contributed by atoms with Crippen LogP contribution in [-0.4, -0.2) is 91.7 Å². The number of ketones is 1. The maximum absolute atomic E-state index is 14.4. The molecule has 2 aromatic carbocycles. The van der Waals surface area contributed by atoms with Crippen LogP contribution >= 0.6 is 0 Å². The SMILES string of the molecule is C=CCN1C(=O)C2(/C(=C(\O)c3ccc4c(c3)OCCO4)C(=O)C(=O)N2CCCN2CCOCC2)c2ccccc21. The lowest BCUT2D eigenvalue weighted by atomic mass is 9.81. The van der Waals surface area contributed by atoms with Crippen LogP contribution in [0.15, 0.2) is 60.7 Å². The van der Waals surface area contributed by atoms with E-state index in [0.717, 1.165) is 13.1 Å². The molecule has 1 atom stereocenters. The van der Waals surface area contributed by atoms with Gasteiger partial charge < -0.3 is 29.1 Å². The zero-order valence-corrected chi connectivity index (χ0v) is 22.1. The predicted molar refractivity (Wildman–Crippen MR) is 146 cm³/mol. The fourth-order valence-corrected chi connectivity index (χ4v) is 6.09. The summed E-state index contributed by atoms with van der Waals surface area (Å²) in [6, 6.07) is 11.9. The molecule has 208 valence electrons. The fourth-order valence-electron chi connectivity index (χ4n) is 6.09. The summed E-state index contributed by atoms with van der Waals surface area (Å²) < 4.78 is 16.7. The largest absolute Gasteiger partial charge is 0.507 e. The first kappa shape index (κ1) is 26.1. The van der Waals surface area contributed by atoms with Gasteiger partial charge in [0.2, 0.25) is 0 Å². The molecular formula is C30H31N3O7. The number of likely N-dealkylation sites (tertiary alicyclic amines) is 1. The number of Topliss-reactive ketones (excluding diaryl/α,β-unsaturated/α-hetero) is 1. The van der Waals surface area contributed by atoms with E-state index in [1.165, 1.54) is 9.80 Å². The monoisotopic (exact) mass is 545 g/mol. The number of morpholine rings is 1. The van der Waals surface area contributed by atoms with Gasteiger partial charge in [0.05, 0.1) is 24.5 Å². The Morgan fingerprint density at radius 1 is 0.975 bits per heavy atom. The van der Waals surface area contributed by atoms with Gasteiger partial charge >= 0.3 is 0 Å². The van der Waals surface area contributed by atoms with E-state index < -0.39 is 28.9 Å². The molecular weight excluding hydrogens is 514 g/mol. The van der Waals surface area contributed by atoms with Crippen LogP contribution in [-0.2, 0) is 24.7 Å². The van der Waals surface area contributed by atoms with Crippen LogP contribution in [0.5, 0.6) is 11.5 Å². The van der Waals surface area contributed by atoms with E-state index >= 15 is 0 Å². The Balaban J connectivity index is 1.49. The highest BCUT2D eigenvalue weighted by Crippen LogP contribution is 2.53. The maximum atomic E-state index is 14.4. The minimum atomic E-state index is -1.81. The lowest BCUT2D eigenvalue weighted by molar-refractivity contribution is -0.143. The van der Waals surface area contributed by atoms with Gasteiger partial charge in [0.15, 0.2) is 17.0 Å². The number of ether oxygens (including phenoxy) is 3. The molecule has 10 nitrogen and oxygen atoms in total. The number of nitrogens with zero attached hydrogens (tertiary/aromatic N) is 3. The molecule has 1 spiro atoms. The van der Waals surface area contributed by atoms with E-state index in [-0.39, 0.29) is 24.2 Å². The first-order valence-electron chi connectivity index (χ1n) is 13.5. The van der Waals surface area contributed by atoms with Crippen molar-refractivity contribution in [3.63, 3.8) is 0 Å². The normalized spacial score (nSPS) is 23.6. The molecule has 0 saturated carbocycles. The number of aliphatic hydroxyl groups excluding tert-OH is 1. The van der Waals surface area contributed by atoms with E-state index in [1.807, 2.05) is 0 Å². The van der Waals surface area contributed by atoms with Gasteiger partial charge in [0.1, 0.15) is 19.0 Å². The minimum Gasteiger partial charge on any atom is -0.507 e. The quantitative estimate of drug-likeness (QED) is 0.244. The molecule has 10 heteroatoms. The number of rotatable bonds is 7. The van der Waals surface area contributed by atoms with Crippen molar-refractivity contribution in [2.75, 3.05) is 64.1 Å². The molecule has 4 heterocycles. The van der Waals surface area contributed by atoms with E-state index in [2.05, 4.69) is 11.5 Å². The summed E-state index contributed by atoms with van der Waals surface area (Å²) in [4.78, 5) is 47.0. The molecule has 1 N–H and O–H groups in total. The summed E-state index contributed by atoms with van der Waals surface area (Å²) in [5, 5.41) is 11.7. The Bertz CT molecular complexity index is 1410. The first-order valence-corrected chi connectivity index (χ1v) is 13.5. The Kier molecular flexibility index (Phi) is 6.81. The standard InChI is InChI=1S/C30H31N3O7/c1-2-10-32-22-7-4-3-6-21(22)30(29(32)37)25(26(34)20-8-9-23-24(19-20)40-18-17-39-23)27(35)28(36)33(30)12-5-11-31-13-15-38-16-14-31/h2-4,6-9,19,34H,1,5,10-18H2/b26-25-. The van der Waals surface area contributed by atoms with Crippen LogP contribution in [0.3, 0.4) is 0 Å². The van der Waals surface area contributed by atoms with Crippen molar-refractivity contribution in [3.8, 4) is 11.5 Å². The zero-order valence-electron chi connectivity index (χ0n) is 22.1. The molecule has 2 amide bonds. The molecule has 0 aromatic heterocycles. The number of hydrogen-bond acceptors (Lipinski definition) is 8. The molecule has 0 aliphatic carbocycles. The average molecular weight is 546 g/mol. The highest BCUT2D eigenvalue weighted by Gasteiger charge is 2.66. The van der Waals surface area contributed by atoms with Crippen LogP contribution < -0.4 is 14.4 Å². The summed E-state index contributed by atoms with van der Waals surface area (Å²) in [6.07, 6.45) is 2.13. The molecule has 4 aliphatic rings. The molecule has 4 aliphatic heterocycles. The fraction of sp³-hybridized carbons (Fsp3) is 0.367. The molecule has 0 radical (unpaired) electrons. The number of amides is 2. The smallest absolute Gasteiger partial charge is 0.296 e. The van der Waals surface area contributed by atoms with Gasteiger partial charge in [-0.05, 0) is 30.7 Å². The van der Waals surface area contributed by atoms with E-state index in [4.69, 9.17) is 14.2 Å². The summed E-state index contributed by atoms with van der Waals surface area (Å²) in [5.74, 6) is -1.70. The number of para-hydroxylation sites is 1. The van der Waals surface area contributed by atoms with Crippen LogP contribution in [0.1, 0.15) is 17.5 Å². The van der Waals surface area contributed by atoms with Gasteiger partial charge in [-0.25, -0.2) is 0 Å². The number of aliphatic hydroxyl groups is 1. The number of benzene rings is 2. The van der Waals surface area contributed by atoms with Crippen molar-refractivity contribution < 1.29 is 33.7 Å². The Morgan fingerprint density at radius 3 is 2.50 bits per heavy atom. The van der Waals surface area contributed by atoms with E-state index in [1.54, 1.807) is 48.5 Å². The Morgan fingerprint density at radius 2 is 1.73 bits per heavy atom. The topological polar surface area (TPSA) is 109 Å². The number of anilines is 1. The first-order chi connectivity index (χ1) is 19.5. The summed E-state index contributed by atoms with van der Waals surface area (Å²) >= 11 is 0. The van der Waals surface area contributed by atoms with Crippen molar-refractivity contribution in [1.29, 1.82) is 0 Å². The average Bonchev–Trinajstić information content (AvgIpc) is 3.36. The maximum Gasteiger partial charge on any atom is 0.296 e. The third-order valence-electron chi connectivity index (χ3n) is 7.90. The Labute approximate surface area is 232 Å². The molecule has 6 rings (SSSR count). The van der Waals surface area contributed by atoms with Crippen LogP contribution in [0.4, 0.5) is 5.69 Å². The van der Waals surface area contributed by atoms with Crippen molar-refractivity contribution in [1.82, 2.24) is 9.80 Å². The van der Waals surface area contributed by atoms with Crippen LogP contribution in [0.25, 0.3) is 5.76 Å². The van der Waals surface area contributed by atoms with Crippen molar-refractivity contribution in [2.24, 2.45) is 0 Å². The zero-order chi connectivity index (χ0) is 27.9. The van der Waals surface area contributed by atoms with Crippen LogP contribution in [0, 0.1) is 0 Å². The number of hydrogen-bond donors (Lipinski definition) is 1. The molecule has 1 unspecified atom stereocenters. The minimum absolute atomic E-state index is 0.155. The van der Waals surface area contributed by atoms with E-state index in [9.17, 15) is 19.5 Å². The predicted octanol–water partition coefficient (Wildman–Crippen LogP) is 2.29. The third-order valence-corrected chi connectivity index (χ3v) is 7.90. The van der Waals surface area contributed by atoms with E-state index in [0.29, 0.717) is 62.1 Å². The Hall–Kier alpha value is -4.15. The second-order valence-corrected chi connectivity index (χ2v) is 10.1. The highest BCUT2D eigenvalue weighted by molar-refractivity contribution is 6.50. The second-order valence-electron chi connectivity index (χ2n) is 10.1. The summed E-state index contributed by atoms with van der Waals surface area (Å²) in [6.45, 7) is 8.40. The van der Waals surface area contributed by atoms with Crippen molar-refractivity contribution in [2.45, 2.75) is 12.0 Å². The second kappa shape index (κ2) is 10.4. The molecule has 2 saturated heterocycles. The third kappa shape index (κ3) is 3.98. The lowest BCUT2D eigenvalue weighted by Gasteiger charge is -2.35. The molecule has 2 aromatic rings. The summed E-state index contributed by atoms with van der Waals surface area (Å²) in [7, 11) is 0. The number of fused-ring (bicyclic) bond motifs is 3. The van der Waals surface area contributed by atoms with Crippen molar-refractivity contribution >= 4 is 29.0 Å². The highest BCUT2D eigenvalue weighted by atomic mass is 16.6. The van der Waals surface area contributed by atoms with Gasteiger partial charge in [-0.3, -0.25) is 19.3 Å². The van der Waals surface area contributed by atoms with Crippen molar-refractivity contribution in [3.05, 3.63) is 71.8 Å².